The first-order chi connectivity index (χ1) is 9.84. The topological polar surface area (TPSA) is 42.3 Å². The standard InChI is InChI=1S/C17H34N4/c1-15(2)19-17(3,14-18)9-6-7-10-20(4)12-16-8-11-21(5)13-16/h15-16,19H,6-13H2,1-5H3. The molecular formula is C17H34N4. The molecule has 0 aromatic rings. The summed E-state index contributed by atoms with van der Waals surface area (Å²) in [5.74, 6) is 0.840. The van der Waals surface area contributed by atoms with Crippen LogP contribution in [-0.2, 0) is 0 Å². The van der Waals surface area contributed by atoms with Gasteiger partial charge in [0.25, 0.3) is 0 Å². The van der Waals surface area contributed by atoms with E-state index in [0.717, 1.165) is 25.3 Å². The molecule has 1 aliphatic heterocycles. The zero-order valence-corrected chi connectivity index (χ0v) is 14.7. The third kappa shape index (κ3) is 7.26. The zero-order chi connectivity index (χ0) is 15.9. The highest BCUT2D eigenvalue weighted by molar-refractivity contribution is 5.04. The van der Waals surface area contributed by atoms with Gasteiger partial charge in [-0.05, 0) is 79.6 Å². The maximum absolute atomic E-state index is 9.33. The van der Waals surface area contributed by atoms with Gasteiger partial charge in [0.05, 0.1) is 6.07 Å². The van der Waals surface area contributed by atoms with Gasteiger partial charge in [-0.3, -0.25) is 5.32 Å². The molecule has 4 heteroatoms. The Morgan fingerprint density at radius 3 is 2.67 bits per heavy atom. The van der Waals surface area contributed by atoms with E-state index in [9.17, 15) is 5.26 Å². The first-order valence-electron chi connectivity index (χ1n) is 8.40. The van der Waals surface area contributed by atoms with Gasteiger partial charge in [0, 0.05) is 19.1 Å². The van der Waals surface area contributed by atoms with Crippen molar-refractivity contribution in [3.05, 3.63) is 0 Å². The number of likely N-dealkylation sites (tertiary alicyclic amines) is 1. The Hall–Kier alpha value is -0.630. The molecule has 0 aliphatic carbocycles. The number of nitrogens with one attached hydrogen (secondary N) is 1. The summed E-state index contributed by atoms with van der Waals surface area (Å²) in [5, 5.41) is 12.7. The van der Waals surface area contributed by atoms with E-state index >= 15 is 0 Å². The van der Waals surface area contributed by atoms with E-state index in [4.69, 9.17) is 0 Å². The minimum Gasteiger partial charge on any atom is -0.306 e. The van der Waals surface area contributed by atoms with Crippen molar-refractivity contribution in [1.82, 2.24) is 15.1 Å². The summed E-state index contributed by atoms with van der Waals surface area (Å²) in [6, 6.07) is 2.79. The van der Waals surface area contributed by atoms with Crippen molar-refractivity contribution in [2.24, 2.45) is 5.92 Å². The molecular weight excluding hydrogens is 260 g/mol. The van der Waals surface area contributed by atoms with Crippen LogP contribution in [0, 0.1) is 17.2 Å². The smallest absolute Gasteiger partial charge is 0.104 e. The van der Waals surface area contributed by atoms with Gasteiger partial charge in [0.1, 0.15) is 5.54 Å². The number of hydrogen-bond donors (Lipinski definition) is 1. The van der Waals surface area contributed by atoms with Crippen molar-refractivity contribution in [3.8, 4) is 6.07 Å². The fourth-order valence-electron chi connectivity index (χ4n) is 3.37. The maximum atomic E-state index is 9.33. The lowest BCUT2D eigenvalue weighted by Gasteiger charge is -2.26. The highest BCUT2D eigenvalue weighted by Crippen LogP contribution is 2.17. The average molecular weight is 294 g/mol. The van der Waals surface area contributed by atoms with E-state index in [0.29, 0.717) is 6.04 Å². The van der Waals surface area contributed by atoms with Crippen LogP contribution in [0.4, 0.5) is 0 Å². The predicted molar refractivity (Wildman–Crippen MR) is 89.2 cm³/mol. The van der Waals surface area contributed by atoms with Crippen molar-refractivity contribution >= 4 is 0 Å². The number of nitrogens with zero attached hydrogens (tertiary/aromatic N) is 3. The SMILES string of the molecule is CC(C)NC(C)(C#N)CCCCN(C)CC1CCN(C)C1. The van der Waals surface area contributed by atoms with Gasteiger partial charge < -0.3 is 9.80 Å². The quantitative estimate of drug-likeness (QED) is 0.663. The third-order valence-electron chi connectivity index (χ3n) is 4.38. The van der Waals surface area contributed by atoms with Crippen LogP contribution in [0.15, 0.2) is 0 Å². The van der Waals surface area contributed by atoms with Crippen molar-refractivity contribution in [2.75, 3.05) is 40.3 Å². The summed E-state index contributed by atoms with van der Waals surface area (Å²) in [5.41, 5.74) is -0.374. The molecule has 1 aliphatic rings. The Kier molecular flexibility index (Phi) is 7.65. The maximum Gasteiger partial charge on any atom is 0.104 e. The van der Waals surface area contributed by atoms with E-state index in [1.165, 1.54) is 32.5 Å². The second-order valence-electron chi connectivity index (χ2n) is 7.38. The molecule has 0 amide bonds. The highest BCUT2D eigenvalue weighted by Gasteiger charge is 2.24. The summed E-state index contributed by atoms with van der Waals surface area (Å²) in [6.45, 7) is 11.1. The Morgan fingerprint density at radius 2 is 2.14 bits per heavy atom. The van der Waals surface area contributed by atoms with Gasteiger partial charge in [0.2, 0.25) is 0 Å². The summed E-state index contributed by atoms with van der Waals surface area (Å²) in [7, 11) is 4.44. The van der Waals surface area contributed by atoms with Gasteiger partial charge in [-0.25, -0.2) is 0 Å². The molecule has 2 unspecified atom stereocenters. The Morgan fingerprint density at radius 1 is 1.43 bits per heavy atom. The summed E-state index contributed by atoms with van der Waals surface area (Å²) >= 11 is 0. The Labute approximate surface area is 131 Å². The second kappa shape index (κ2) is 8.73. The van der Waals surface area contributed by atoms with Crippen molar-refractivity contribution in [1.29, 1.82) is 5.26 Å². The van der Waals surface area contributed by atoms with Crippen LogP contribution < -0.4 is 5.32 Å². The first-order valence-corrected chi connectivity index (χ1v) is 8.40. The summed E-state index contributed by atoms with van der Waals surface area (Å²) in [4.78, 5) is 4.89. The summed E-state index contributed by atoms with van der Waals surface area (Å²) in [6.07, 6.45) is 4.56. The fraction of sp³-hybridized carbons (Fsp3) is 0.941. The van der Waals surface area contributed by atoms with Crippen LogP contribution in [0.1, 0.15) is 46.5 Å². The Balaban J connectivity index is 2.16. The number of unbranched alkanes of at least 4 members (excludes halogenated alkanes) is 1. The first kappa shape index (κ1) is 18.4. The van der Waals surface area contributed by atoms with E-state index in [1.54, 1.807) is 0 Å². The van der Waals surface area contributed by atoms with Crippen LogP contribution in [0.5, 0.6) is 0 Å². The third-order valence-corrected chi connectivity index (χ3v) is 4.38. The lowest BCUT2D eigenvalue weighted by atomic mass is 9.95. The van der Waals surface area contributed by atoms with Crippen LogP contribution in [0.25, 0.3) is 0 Å². The average Bonchev–Trinajstić information content (AvgIpc) is 2.79. The molecule has 1 fully saturated rings. The monoisotopic (exact) mass is 294 g/mol. The molecule has 0 saturated carbocycles. The van der Waals surface area contributed by atoms with Gasteiger partial charge in [-0.1, -0.05) is 0 Å². The lowest BCUT2D eigenvalue weighted by Crippen LogP contribution is -2.45. The summed E-state index contributed by atoms with van der Waals surface area (Å²) < 4.78 is 0. The molecule has 1 heterocycles. The van der Waals surface area contributed by atoms with Crippen LogP contribution in [0.3, 0.4) is 0 Å². The van der Waals surface area contributed by atoms with Crippen molar-refractivity contribution in [2.45, 2.75) is 58.0 Å². The van der Waals surface area contributed by atoms with Crippen LogP contribution >= 0.6 is 0 Å². The molecule has 0 spiro atoms. The predicted octanol–water partition coefficient (Wildman–Crippen LogP) is 2.32. The molecule has 0 bridgehead atoms. The van der Waals surface area contributed by atoms with Crippen molar-refractivity contribution < 1.29 is 0 Å². The molecule has 0 aromatic carbocycles. The molecule has 2 atom stereocenters. The minimum atomic E-state index is -0.374. The minimum absolute atomic E-state index is 0.358. The second-order valence-corrected chi connectivity index (χ2v) is 7.38. The van der Waals surface area contributed by atoms with E-state index < -0.39 is 0 Å². The number of hydrogen-bond acceptors (Lipinski definition) is 4. The van der Waals surface area contributed by atoms with Gasteiger partial charge in [-0.2, -0.15) is 5.26 Å². The molecule has 1 N–H and O–H groups in total. The molecule has 1 rings (SSSR count). The van der Waals surface area contributed by atoms with E-state index in [-0.39, 0.29) is 5.54 Å². The molecule has 21 heavy (non-hydrogen) atoms. The van der Waals surface area contributed by atoms with Gasteiger partial charge >= 0.3 is 0 Å². The van der Waals surface area contributed by atoms with Crippen molar-refractivity contribution in [3.63, 3.8) is 0 Å². The number of rotatable bonds is 9. The highest BCUT2D eigenvalue weighted by atomic mass is 15.1. The largest absolute Gasteiger partial charge is 0.306 e. The molecule has 1 saturated heterocycles. The zero-order valence-electron chi connectivity index (χ0n) is 14.7. The van der Waals surface area contributed by atoms with Crippen LogP contribution in [-0.4, -0.2) is 61.7 Å². The van der Waals surface area contributed by atoms with Gasteiger partial charge in [0.15, 0.2) is 0 Å². The Bertz CT molecular complexity index is 336. The lowest BCUT2D eigenvalue weighted by molar-refractivity contribution is 0.263. The molecule has 4 nitrogen and oxygen atoms in total. The van der Waals surface area contributed by atoms with E-state index in [1.807, 2.05) is 6.92 Å². The molecule has 0 radical (unpaired) electrons. The normalized spacial score (nSPS) is 22.7. The molecule has 0 aromatic heterocycles. The van der Waals surface area contributed by atoms with Gasteiger partial charge in [-0.15, -0.1) is 0 Å². The fourth-order valence-corrected chi connectivity index (χ4v) is 3.37. The van der Waals surface area contributed by atoms with E-state index in [2.05, 4.69) is 49.1 Å². The number of nitriles is 1. The van der Waals surface area contributed by atoms with Crippen LogP contribution in [0.2, 0.25) is 0 Å². The molecule has 122 valence electrons.